The largest absolute Gasteiger partial charge is 0.471 e. The fourth-order valence-corrected chi connectivity index (χ4v) is 0.947. The Morgan fingerprint density at radius 1 is 1.83 bits per heavy atom. The summed E-state index contributed by atoms with van der Waals surface area (Å²) in [6, 6.07) is 0. The van der Waals surface area contributed by atoms with Crippen molar-refractivity contribution in [2.24, 2.45) is 0 Å². The summed E-state index contributed by atoms with van der Waals surface area (Å²) in [7, 11) is 0. The molecule has 0 aliphatic heterocycles. The molecular formula is C7H9NO2SY-2. The first-order chi connectivity index (χ1) is 4.84. The molecule has 1 aromatic heterocycles. The molecule has 5 heteroatoms. The zero-order valence-corrected chi connectivity index (χ0v) is 10.7. The molecule has 0 aliphatic carbocycles. The van der Waals surface area contributed by atoms with E-state index in [1.54, 1.807) is 12.3 Å². The third kappa shape index (κ3) is 4.28. The van der Waals surface area contributed by atoms with Crippen molar-refractivity contribution in [1.29, 1.82) is 0 Å². The van der Waals surface area contributed by atoms with Gasteiger partial charge in [-0.25, -0.2) is 0 Å². The van der Waals surface area contributed by atoms with E-state index in [4.69, 9.17) is 0 Å². The normalized spacial score (nSPS) is 7.75. The van der Waals surface area contributed by atoms with Crippen LogP contribution in [-0.4, -0.2) is 17.6 Å². The molecular weight excluding hydrogens is 251 g/mol. The van der Waals surface area contributed by atoms with E-state index in [9.17, 15) is 4.79 Å². The maximum absolute atomic E-state index is 10.8. The standard InChI is InChI=1S/C6H6NO2S.CH3.Y/c1-2-9-6(8)5-3-10-4-7-5;;/h3H,2H2,1H3;1H3;/q2*-1;. The van der Waals surface area contributed by atoms with Gasteiger partial charge in [-0.2, -0.15) is 0 Å². The minimum absolute atomic E-state index is 0. The third-order valence-corrected chi connectivity index (χ3v) is 1.41. The fraction of sp³-hybridized carbons (Fsp3) is 0.286. The molecule has 0 fully saturated rings. The quantitative estimate of drug-likeness (QED) is 0.598. The number of nitrogens with zero attached hydrogens (tertiary/aromatic N) is 1. The second-order valence-corrected chi connectivity index (χ2v) is 2.20. The van der Waals surface area contributed by atoms with Gasteiger partial charge in [-0.1, -0.05) is 0 Å². The fourth-order valence-electron chi connectivity index (χ4n) is 0.483. The van der Waals surface area contributed by atoms with Crippen LogP contribution in [0.3, 0.4) is 0 Å². The summed E-state index contributed by atoms with van der Waals surface area (Å²) in [5, 5.41) is 1.61. The van der Waals surface area contributed by atoms with Crippen LogP contribution >= 0.6 is 11.3 Å². The van der Waals surface area contributed by atoms with Crippen molar-refractivity contribution < 1.29 is 42.2 Å². The number of ether oxygens (including phenoxy) is 1. The van der Waals surface area contributed by atoms with Gasteiger partial charge in [-0.3, -0.25) is 16.1 Å². The minimum Gasteiger partial charge on any atom is -0.471 e. The van der Waals surface area contributed by atoms with Crippen LogP contribution in [-0.2, 0) is 37.4 Å². The van der Waals surface area contributed by atoms with Crippen molar-refractivity contribution in [3.8, 4) is 0 Å². The number of carbonyl (C=O) groups is 1. The number of aromatic nitrogens is 1. The molecule has 0 amide bonds. The smallest absolute Gasteiger partial charge is 0.288 e. The van der Waals surface area contributed by atoms with E-state index in [1.807, 2.05) is 0 Å². The number of rotatable bonds is 2. The van der Waals surface area contributed by atoms with Crippen LogP contribution in [0.4, 0.5) is 0 Å². The van der Waals surface area contributed by atoms with Gasteiger partial charge in [0.1, 0.15) is 0 Å². The number of hydrogen-bond acceptors (Lipinski definition) is 4. The van der Waals surface area contributed by atoms with Crippen molar-refractivity contribution in [1.82, 2.24) is 4.98 Å². The van der Waals surface area contributed by atoms with E-state index in [2.05, 4.69) is 15.2 Å². The van der Waals surface area contributed by atoms with E-state index in [-0.39, 0.29) is 46.1 Å². The molecule has 1 radical (unpaired) electrons. The van der Waals surface area contributed by atoms with Crippen molar-refractivity contribution in [2.45, 2.75) is 6.92 Å². The summed E-state index contributed by atoms with van der Waals surface area (Å²) in [4.78, 5) is 14.5. The summed E-state index contributed by atoms with van der Waals surface area (Å²) in [6.45, 7) is 2.14. The predicted molar refractivity (Wildman–Crippen MR) is 43.3 cm³/mol. The van der Waals surface area contributed by atoms with Crippen molar-refractivity contribution in [3.05, 3.63) is 24.0 Å². The Morgan fingerprint density at radius 3 is 2.92 bits per heavy atom. The van der Waals surface area contributed by atoms with Gasteiger partial charge < -0.3 is 17.1 Å². The number of thiazole rings is 1. The molecule has 0 aromatic carbocycles. The number of esters is 1. The summed E-state index contributed by atoms with van der Waals surface area (Å²) in [5.41, 5.74) is 2.90. The van der Waals surface area contributed by atoms with E-state index in [0.717, 1.165) is 0 Å². The van der Waals surface area contributed by atoms with E-state index in [1.165, 1.54) is 11.3 Å². The predicted octanol–water partition coefficient (Wildman–Crippen LogP) is 1.57. The molecule has 0 unspecified atom stereocenters. The van der Waals surface area contributed by atoms with Gasteiger partial charge in [-0.15, -0.1) is 5.38 Å². The average Bonchev–Trinajstić information content (AvgIpc) is 2.38. The zero-order chi connectivity index (χ0) is 7.40. The van der Waals surface area contributed by atoms with Crippen molar-refractivity contribution >= 4 is 17.3 Å². The van der Waals surface area contributed by atoms with Crippen LogP contribution in [0.5, 0.6) is 0 Å². The first kappa shape index (κ1) is 14.7. The van der Waals surface area contributed by atoms with E-state index >= 15 is 0 Å². The number of hydrogen-bond donors (Lipinski definition) is 0. The van der Waals surface area contributed by atoms with Crippen LogP contribution in [0, 0.1) is 12.9 Å². The van der Waals surface area contributed by atoms with Gasteiger partial charge in [-0.05, 0) is 12.4 Å². The molecule has 1 aromatic rings. The Bertz CT molecular complexity index is 213. The topological polar surface area (TPSA) is 39.2 Å². The SMILES string of the molecule is CCOC(=O)c1cs[c-]n1.[CH3-].[Y]. The summed E-state index contributed by atoms with van der Waals surface area (Å²) < 4.78 is 4.67. The first-order valence-corrected chi connectivity index (χ1v) is 3.71. The van der Waals surface area contributed by atoms with Crippen molar-refractivity contribution in [3.63, 3.8) is 0 Å². The number of carbonyl (C=O) groups excluding carboxylic acids is 1. The molecule has 3 nitrogen and oxygen atoms in total. The van der Waals surface area contributed by atoms with E-state index < -0.39 is 0 Å². The molecule has 0 saturated carbocycles. The van der Waals surface area contributed by atoms with Crippen LogP contribution in [0.25, 0.3) is 0 Å². The maximum Gasteiger partial charge on any atom is 0.288 e. The van der Waals surface area contributed by atoms with Gasteiger partial charge >= 0.3 is 0 Å². The average molecular weight is 260 g/mol. The second kappa shape index (κ2) is 7.83. The Balaban J connectivity index is 0. The molecule has 0 N–H and O–H groups in total. The molecule has 0 atom stereocenters. The molecule has 0 spiro atoms. The van der Waals surface area contributed by atoms with Gasteiger partial charge in [0.2, 0.25) is 0 Å². The molecule has 65 valence electrons. The Labute approximate surface area is 101 Å². The van der Waals surface area contributed by atoms with Crippen LogP contribution in [0.2, 0.25) is 0 Å². The molecule has 12 heavy (non-hydrogen) atoms. The summed E-state index contributed by atoms with van der Waals surface area (Å²) in [5.74, 6) is -0.375. The summed E-state index contributed by atoms with van der Waals surface area (Å²) >= 11 is 1.26. The Kier molecular flexibility index (Phi) is 9.60. The molecule has 0 aliphatic rings. The van der Waals surface area contributed by atoms with Crippen molar-refractivity contribution in [2.75, 3.05) is 6.61 Å². The Hall–Kier alpha value is 0.204. The van der Waals surface area contributed by atoms with Crippen LogP contribution < -0.4 is 0 Å². The molecule has 0 bridgehead atoms. The van der Waals surface area contributed by atoms with Gasteiger partial charge in [0.25, 0.3) is 5.97 Å². The molecule has 1 rings (SSSR count). The Morgan fingerprint density at radius 2 is 2.50 bits per heavy atom. The van der Waals surface area contributed by atoms with Gasteiger partial charge in [0.05, 0.1) is 6.61 Å². The summed E-state index contributed by atoms with van der Waals surface area (Å²) in [6.07, 6.45) is 0. The second-order valence-electron chi connectivity index (χ2n) is 1.54. The first-order valence-electron chi connectivity index (χ1n) is 2.83. The van der Waals surface area contributed by atoms with Crippen LogP contribution in [0.15, 0.2) is 5.38 Å². The third-order valence-electron chi connectivity index (χ3n) is 0.874. The van der Waals surface area contributed by atoms with E-state index in [0.29, 0.717) is 12.3 Å². The van der Waals surface area contributed by atoms with Gasteiger partial charge in [0, 0.05) is 38.4 Å². The maximum atomic E-state index is 10.8. The molecule has 0 saturated heterocycles. The zero-order valence-electron chi connectivity index (χ0n) is 7.03. The van der Waals surface area contributed by atoms with Crippen LogP contribution in [0.1, 0.15) is 17.4 Å². The van der Waals surface area contributed by atoms with Gasteiger partial charge in [0.15, 0.2) is 0 Å². The minimum atomic E-state index is -0.375. The molecule has 1 heterocycles. The monoisotopic (exact) mass is 260 g/mol.